The number of carboxylic acids is 1. The Morgan fingerprint density at radius 1 is 1.42 bits per heavy atom. The van der Waals surface area contributed by atoms with Crippen LogP contribution in [0.5, 0.6) is 11.6 Å². The Balaban J connectivity index is 2.46. The zero-order valence-electron chi connectivity index (χ0n) is 9.37. The molecule has 2 rings (SSSR count). The molecule has 0 saturated heterocycles. The Labute approximate surface area is 112 Å². The molecule has 6 nitrogen and oxygen atoms in total. The number of hydrogen-bond acceptors (Lipinski definition) is 5. The number of ether oxygens (including phenoxy) is 1. The van der Waals surface area contributed by atoms with Crippen LogP contribution in [0.3, 0.4) is 0 Å². The molecule has 1 N–H and O–H groups in total. The molecular formula is C12H6ClN3O3. The van der Waals surface area contributed by atoms with Crippen LogP contribution in [0.15, 0.2) is 30.5 Å². The maximum atomic E-state index is 11.1. The van der Waals surface area contributed by atoms with E-state index >= 15 is 0 Å². The molecule has 0 fully saturated rings. The van der Waals surface area contributed by atoms with Gasteiger partial charge in [-0.25, -0.2) is 4.79 Å². The molecule has 0 atom stereocenters. The van der Waals surface area contributed by atoms with E-state index in [1.165, 1.54) is 30.5 Å². The van der Waals surface area contributed by atoms with E-state index in [0.29, 0.717) is 5.02 Å². The number of benzene rings is 1. The molecule has 0 amide bonds. The number of aromatic carboxylic acids is 1. The second-order valence-electron chi connectivity index (χ2n) is 3.41. The highest BCUT2D eigenvalue weighted by Gasteiger charge is 2.15. The van der Waals surface area contributed by atoms with Gasteiger partial charge >= 0.3 is 5.97 Å². The van der Waals surface area contributed by atoms with Crippen LogP contribution in [0.2, 0.25) is 5.02 Å². The second-order valence-corrected chi connectivity index (χ2v) is 3.85. The molecule has 0 aliphatic rings. The highest BCUT2D eigenvalue weighted by Crippen LogP contribution is 2.28. The van der Waals surface area contributed by atoms with Crippen LogP contribution in [-0.4, -0.2) is 21.3 Å². The monoisotopic (exact) mass is 275 g/mol. The molecule has 2 aromatic rings. The van der Waals surface area contributed by atoms with Crippen LogP contribution in [0.1, 0.15) is 15.9 Å². The summed E-state index contributed by atoms with van der Waals surface area (Å²) in [5.41, 5.74) is 0.0604. The summed E-state index contributed by atoms with van der Waals surface area (Å²) >= 11 is 5.79. The van der Waals surface area contributed by atoms with E-state index < -0.39 is 5.97 Å². The summed E-state index contributed by atoms with van der Waals surface area (Å²) in [6.07, 6.45) is 1.33. The van der Waals surface area contributed by atoms with Crippen molar-refractivity contribution >= 4 is 17.6 Å². The second kappa shape index (κ2) is 5.33. The number of hydrogen-bond donors (Lipinski definition) is 1. The van der Waals surface area contributed by atoms with Crippen molar-refractivity contribution < 1.29 is 14.6 Å². The lowest BCUT2D eigenvalue weighted by Gasteiger charge is -2.08. The van der Waals surface area contributed by atoms with Crippen molar-refractivity contribution in [2.45, 2.75) is 0 Å². The molecule has 1 aromatic heterocycles. The molecule has 7 heteroatoms. The number of halogens is 1. The number of carboxylic acid groups (broad SMARTS) is 1. The van der Waals surface area contributed by atoms with Crippen LogP contribution in [0.25, 0.3) is 0 Å². The van der Waals surface area contributed by atoms with Gasteiger partial charge in [-0.2, -0.15) is 10.4 Å². The SMILES string of the molecule is N#Cc1ccnnc1Oc1cc(Cl)ccc1C(=O)O. The predicted octanol–water partition coefficient (Wildman–Crippen LogP) is 2.49. The highest BCUT2D eigenvalue weighted by atomic mass is 35.5. The summed E-state index contributed by atoms with van der Waals surface area (Å²) < 4.78 is 5.31. The Bertz CT molecular complexity index is 682. The number of carbonyl (C=O) groups is 1. The van der Waals surface area contributed by atoms with E-state index in [1.54, 1.807) is 0 Å². The molecule has 0 spiro atoms. The molecule has 0 saturated carbocycles. The van der Waals surface area contributed by atoms with Crippen molar-refractivity contribution in [2.24, 2.45) is 0 Å². The molecule has 0 bridgehead atoms. The topological polar surface area (TPSA) is 96.1 Å². The van der Waals surface area contributed by atoms with Gasteiger partial charge in [-0.15, -0.1) is 5.10 Å². The van der Waals surface area contributed by atoms with Gasteiger partial charge in [0, 0.05) is 11.1 Å². The van der Waals surface area contributed by atoms with E-state index in [4.69, 9.17) is 26.7 Å². The third-order valence-electron chi connectivity index (χ3n) is 2.19. The zero-order chi connectivity index (χ0) is 13.8. The number of nitriles is 1. The molecule has 1 heterocycles. The maximum absolute atomic E-state index is 11.1. The third kappa shape index (κ3) is 2.78. The summed E-state index contributed by atoms with van der Waals surface area (Å²) in [6, 6.07) is 7.35. The van der Waals surface area contributed by atoms with Crippen molar-refractivity contribution in [3.8, 4) is 17.7 Å². The minimum Gasteiger partial charge on any atom is -0.478 e. The van der Waals surface area contributed by atoms with Gasteiger partial charge in [-0.3, -0.25) is 0 Å². The van der Waals surface area contributed by atoms with Crippen LogP contribution in [0, 0.1) is 11.3 Å². The first kappa shape index (κ1) is 12.8. The molecule has 0 aliphatic carbocycles. The quantitative estimate of drug-likeness (QED) is 0.924. The standard InChI is InChI=1S/C12H6ClN3O3/c13-8-1-2-9(12(17)18)10(5-8)19-11-7(6-14)3-4-15-16-11/h1-5H,(H,17,18). The fraction of sp³-hybridized carbons (Fsp3) is 0. The van der Waals surface area contributed by atoms with Crippen LogP contribution < -0.4 is 4.74 Å². The van der Waals surface area contributed by atoms with Crippen molar-refractivity contribution in [1.82, 2.24) is 10.2 Å². The third-order valence-corrected chi connectivity index (χ3v) is 2.42. The van der Waals surface area contributed by atoms with Gasteiger partial charge in [0.2, 0.25) is 0 Å². The Morgan fingerprint density at radius 2 is 2.21 bits per heavy atom. The first-order chi connectivity index (χ1) is 9.11. The predicted molar refractivity (Wildman–Crippen MR) is 65.2 cm³/mol. The van der Waals surface area contributed by atoms with Crippen molar-refractivity contribution in [3.63, 3.8) is 0 Å². The van der Waals surface area contributed by atoms with E-state index in [-0.39, 0.29) is 22.8 Å². The Morgan fingerprint density at radius 3 is 2.89 bits per heavy atom. The summed E-state index contributed by atoms with van der Waals surface area (Å²) in [5.74, 6) is -1.25. The molecule has 0 aliphatic heterocycles. The highest BCUT2D eigenvalue weighted by molar-refractivity contribution is 6.30. The summed E-state index contributed by atoms with van der Waals surface area (Å²) in [5, 5.41) is 25.5. The lowest BCUT2D eigenvalue weighted by atomic mass is 10.2. The molecule has 19 heavy (non-hydrogen) atoms. The van der Waals surface area contributed by atoms with Crippen LogP contribution in [0.4, 0.5) is 0 Å². The average molecular weight is 276 g/mol. The smallest absolute Gasteiger partial charge is 0.339 e. The van der Waals surface area contributed by atoms with Crippen LogP contribution in [-0.2, 0) is 0 Å². The fourth-order valence-corrected chi connectivity index (χ4v) is 1.50. The van der Waals surface area contributed by atoms with Gasteiger partial charge in [0.05, 0.1) is 6.20 Å². The van der Waals surface area contributed by atoms with Gasteiger partial charge in [-0.05, 0) is 18.2 Å². The lowest BCUT2D eigenvalue weighted by Crippen LogP contribution is -2.01. The Hall–Kier alpha value is -2.65. The minimum atomic E-state index is -1.17. The van der Waals surface area contributed by atoms with Gasteiger partial charge in [-0.1, -0.05) is 11.6 Å². The molecular weight excluding hydrogens is 270 g/mol. The largest absolute Gasteiger partial charge is 0.478 e. The van der Waals surface area contributed by atoms with E-state index in [1.807, 2.05) is 6.07 Å². The Kier molecular flexibility index (Phi) is 3.59. The maximum Gasteiger partial charge on any atom is 0.339 e. The number of aromatic nitrogens is 2. The minimum absolute atomic E-state index is 0.00278. The normalized spacial score (nSPS) is 9.68. The average Bonchev–Trinajstić information content (AvgIpc) is 2.39. The summed E-state index contributed by atoms with van der Waals surface area (Å²) in [4.78, 5) is 11.1. The van der Waals surface area contributed by atoms with Gasteiger partial charge in [0.1, 0.15) is 22.9 Å². The van der Waals surface area contributed by atoms with Gasteiger partial charge in [0.15, 0.2) is 0 Å². The number of nitrogens with zero attached hydrogens (tertiary/aromatic N) is 3. The molecule has 0 radical (unpaired) electrons. The molecule has 0 unspecified atom stereocenters. The van der Waals surface area contributed by atoms with Crippen molar-refractivity contribution in [2.75, 3.05) is 0 Å². The molecule has 94 valence electrons. The first-order valence-corrected chi connectivity index (χ1v) is 5.42. The van der Waals surface area contributed by atoms with E-state index in [2.05, 4.69) is 10.2 Å². The van der Waals surface area contributed by atoms with Gasteiger partial charge < -0.3 is 9.84 Å². The number of rotatable bonds is 3. The summed E-state index contributed by atoms with van der Waals surface area (Å²) in [7, 11) is 0. The van der Waals surface area contributed by atoms with Gasteiger partial charge in [0.25, 0.3) is 5.88 Å². The van der Waals surface area contributed by atoms with Crippen molar-refractivity contribution in [1.29, 1.82) is 5.26 Å². The lowest BCUT2D eigenvalue weighted by molar-refractivity contribution is 0.0694. The summed E-state index contributed by atoms with van der Waals surface area (Å²) in [6.45, 7) is 0. The van der Waals surface area contributed by atoms with Crippen LogP contribution >= 0.6 is 11.6 Å². The fourth-order valence-electron chi connectivity index (χ4n) is 1.34. The van der Waals surface area contributed by atoms with E-state index in [9.17, 15) is 4.79 Å². The molecule has 1 aromatic carbocycles. The first-order valence-electron chi connectivity index (χ1n) is 5.04. The van der Waals surface area contributed by atoms with Crippen molar-refractivity contribution in [3.05, 3.63) is 46.6 Å². The zero-order valence-corrected chi connectivity index (χ0v) is 10.1. The van der Waals surface area contributed by atoms with E-state index in [0.717, 1.165) is 0 Å².